The zero-order valence-electron chi connectivity index (χ0n) is 13.5. The summed E-state index contributed by atoms with van der Waals surface area (Å²) in [6.45, 7) is 7.38. The van der Waals surface area contributed by atoms with Crippen LogP contribution in [0.15, 0.2) is 12.7 Å². The fraction of sp³-hybridized carbons (Fsp3) is 0.500. The van der Waals surface area contributed by atoms with Crippen LogP contribution in [-0.2, 0) is 0 Å². The van der Waals surface area contributed by atoms with E-state index in [1.165, 1.54) is 6.33 Å². The van der Waals surface area contributed by atoms with Crippen molar-refractivity contribution in [3.05, 3.63) is 35.4 Å². The highest BCUT2D eigenvalue weighted by molar-refractivity contribution is 5.55. The van der Waals surface area contributed by atoms with E-state index >= 15 is 0 Å². The Hall–Kier alpha value is -2.31. The molecule has 7 heteroatoms. The fourth-order valence-electron chi connectivity index (χ4n) is 3.60. The molecule has 2 unspecified atom stereocenters. The molecule has 0 amide bonds. The van der Waals surface area contributed by atoms with E-state index in [0.29, 0.717) is 11.5 Å². The average molecular weight is 314 g/mol. The summed E-state index contributed by atoms with van der Waals surface area (Å²) >= 11 is 0. The van der Waals surface area contributed by atoms with Crippen LogP contribution in [0.4, 0.5) is 16.0 Å². The molecule has 23 heavy (non-hydrogen) atoms. The Labute approximate surface area is 134 Å². The normalized spacial score (nSPS) is 23.0. The van der Waals surface area contributed by atoms with Gasteiger partial charge < -0.3 is 9.80 Å². The number of hydrogen-bond donors (Lipinski definition) is 0. The molecule has 5 rings (SSSR count). The number of rotatable bonds is 2. The maximum Gasteiger partial charge on any atom is 0.186 e. The summed E-state index contributed by atoms with van der Waals surface area (Å²) in [5, 5.41) is 0. The number of aromatic nitrogens is 4. The Morgan fingerprint density at radius 3 is 2.22 bits per heavy atom. The van der Waals surface area contributed by atoms with E-state index in [4.69, 9.17) is 0 Å². The van der Waals surface area contributed by atoms with Gasteiger partial charge in [0.15, 0.2) is 11.6 Å². The topological polar surface area (TPSA) is 58.0 Å². The fourth-order valence-corrected chi connectivity index (χ4v) is 3.60. The van der Waals surface area contributed by atoms with Gasteiger partial charge in [-0.1, -0.05) is 0 Å². The van der Waals surface area contributed by atoms with Gasteiger partial charge in [0.05, 0.1) is 17.8 Å². The first-order valence-electron chi connectivity index (χ1n) is 7.85. The van der Waals surface area contributed by atoms with Crippen LogP contribution in [0.25, 0.3) is 0 Å². The number of anilines is 2. The van der Waals surface area contributed by atoms with Crippen molar-refractivity contribution in [2.45, 2.75) is 39.3 Å². The Morgan fingerprint density at radius 2 is 1.52 bits per heavy atom. The summed E-state index contributed by atoms with van der Waals surface area (Å²) in [4.78, 5) is 21.1. The van der Waals surface area contributed by atoms with Crippen LogP contribution in [0.2, 0.25) is 0 Å². The number of piperidine rings is 1. The van der Waals surface area contributed by atoms with Crippen molar-refractivity contribution in [2.75, 3.05) is 22.9 Å². The third-order valence-electron chi connectivity index (χ3n) is 4.99. The van der Waals surface area contributed by atoms with Crippen LogP contribution in [0, 0.1) is 26.6 Å². The van der Waals surface area contributed by atoms with E-state index in [1.807, 2.05) is 6.92 Å². The van der Waals surface area contributed by atoms with Gasteiger partial charge in [0.2, 0.25) is 0 Å². The highest BCUT2D eigenvalue weighted by Crippen LogP contribution is 2.39. The Morgan fingerprint density at radius 1 is 0.913 bits per heavy atom. The zero-order valence-corrected chi connectivity index (χ0v) is 13.5. The van der Waals surface area contributed by atoms with E-state index in [1.54, 1.807) is 13.3 Å². The van der Waals surface area contributed by atoms with Crippen LogP contribution in [-0.4, -0.2) is 45.1 Å². The number of piperazine rings is 1. The van der Waals surface area contributed by atoms with Gasteiger partial charge in [0.25, 0.3) is 0 Å². The highest BCUT2D eigenvalue weighted by atomic mass is 19.1. The lowest BCUT2D eigenvalue weighted by Gasteiger charge is -2.57. The summed E-state index contributed by atoms with van der Waals surface area (Å²) in [5.74, 6) is 1.13. The largest absolute Gasteiger partial charge is 0.352 e. The maximum absolute atomic E-state index is 14.3. The lowest BCUT2D eigenvalue weighted by atomic mass is 9.87. The molecule has 3 fully saturated rings. The van der Waals surface area contributed by atoms with Crippen LogP contribution in [0.3, 0.4) is 0 Å². The second-order valence-corrected chi connectivity index (χ2v) is 6.36. The predicted molar refractivity (Wildman–Crippen MR) is 85.1 cm³/mol. The quantitative estimate of drug-likeness (QED) is 0.842. The number of hydrogen-bond acceptors (Lipinski definition) is 6. The van der Waals surface area contributed by atoms with Gasteiger partial charge in [0.1, 0.15) is 18.5 Å². The molecule has 0 saturated carbocycles. The minimum atomic E-state index is -0.301. The minimum absolute atomic E-state index is 0.271. The van der Waals surface area contributed by atoms with Gasteiger partial charge >= 0.3 is 0 Å². The average Bonchev–Trinajstić information content (AvgIpc) is 2.54. The molecule has 6 nitrogen and oxygen atoms in total. The molecule has 2 atom stereocenters. The molecule has 0 aromatic carbocycles. The molecule has 0 N–H and O–H groups in total. The van der Waals surface area contributed by atoms with E-state index in [2.05, 4.69) is 36.7 Å². The van der Waals surface area contributed by atoms with Gasteiger partial charge in [-0.05, 0) is 27.2 Å². The van der Waals surface area contributed by atoms with E-state index < -0.39 is 0 Å². The van der Waals surface area contributed by atoms with Crippen LogP contribution >= 0.6 is 0 Å². The Balaban J connectivity index is 1.59. The smallest absolute Gasteiger partial charge is 0.186 e. The standard InChI is InChI=1S/C16H19FN6/c1-9-10(2)18-7-20-15(9)22-5-12-4-13(6-22)23(12)16-14(17)11(3)19-8-21-16/h7-8,12-13H,4-6H2,1-3H3. The third-order valence-corrected chi connectivity index (χ3v) is 4.99. The van der Waals surface area contributed by atoms with Gasteiger partial charge in [-0.2, -0.15) is 0 Å². The van der Waals surface area contributed by atoms with E-state index in [0.717, 1.165) is 36.6 Å². The molecule has 5 heterocycles. The monoisotopic (exact) mass is 314 g/mol. The second-order valence-electron chi connectivity index (χ2n) is 6.36. The molecule has 2 aromatic heterocycles. The summed E-state index contributed by atoms with van der Waals surface area (Å²) in [6, 6.07) is 0.541. The lowest BCUT2D eigenvalue weighted by molar-refractivity contribution is 0.283. The molecule has 0 aliphatic carbocycles. The molecule has 120 valence electrons. The van der Waals surface area contributed by atoms with Gasteiger partial charge in [-0.15, -0.1) is 0 Å². The first kappa shape index (κ1) is 14.3. The van der Waals surface area contributed by atoms with Crippen LogP contribution < -0.4 is 9.80 Å². The van der Waals surface area contributed by atoms with Gasteiger partial charge in [-0.25, -0.2) is 24.3 Å². The Bertz CT molecular complexity index is 752. The van der Waals surface area contributed by atoms with Crippen molar-refractivity contribution in [1.82, 2.24) is 19.9 Å². The molecule has 2 aromatic rings. The molecule has 0 radical (unpaired) electrons. The van der Waals surface area contributed by atoms with Crippen LogP contribution in [0.5, 0.6) is 0 Å². The second kappa shape index (κ2) is 5.11. The number of fused-ring (bicyclic) bond motifs is 2. The summed E-state index contributed by atoms with van der Waals surface area (Å²) < 4.78 is 14.3. The lowest BCUT2D eigenvalue weighted by Crippen LogP contribution is -2.69. The zero-order chi connectivity index (χ0) is 16.1. The maximum atomic E-state index is 14.3. The van der Waals surface area contributed by atoms with Crippen molar-refractivity contribution in [1.29, 1.82) is 0 Å². The van der Waals surface area contributed by atoms with E-state index in [-0.39, 0.29) is 17.9 Å². The Kier molecular flexibility index (Phi) is 3.18. The SMILES string of the molecule is Cc1ncnc(N2CC3CC(C2)N3c2ncnc(C)c2F)c1C. The highest BCUT2D eigenvalue weighted by Gasteiger charge is 2.47. The molecular formula is C16H19FN6. The summed E-state index contributed by atoms with van der Waals surface area (Å²) in [5.41, 5.74) is 2.52. The van der Waals surface area contributed by atoms with Gasteiger partial charge in [-0.3, -0.25) is 0 Å². The number of nitrogens with zero attached hydrogens (tertiary/aromatic N) is 6. The summed E-state index contributed by atoms with van der Waals surface area (Å²) in [6.07, 6.45) is 4.13. The van der Waals surface area contributed by atoms with Crippen molar-refractivity contribution < 1.29 is 4.39 Å². The molecule has 3 aliphatic heterocycles. The van der Waals surface area contributed by atoms with Crippen molar-refractivity contribution in [3.8, 4) is 0 Å². The molecule has 3 saturated heterocycles. The van der Waals surface area contributed by atoms with Crippen molar-refractivity contribution in [3.63, 3.8) is 0 Å². The first-order chi connectivity index (χ1) is 11.1. The predicted octanol–water partition coefficient (Wildman–Crippen LogP) is 1.80. The minimum Gasteiger partial charge on any atom is -0.352 e. The summed E-state index contributed by atoms with van der Waals surface area (Å²) in [7, 11) is 0. The number of aryl methyl sites for hydroxylation is 2. The van der Waals surface area contributed by atoms with Gasteiger partial charge in [0, 0.05) is 24.3 Å². The van der Waals surface area contributed by atoms with Crippen molar-refractivity contribution in [2.24, 2.45) is 0 Å². The van der Waals surface area contributed by atoms with Crippen LogP contribution in [0.1, 0.15) is 23.4 Å². The molecular weight excluding hydrogens is 295 g/mol. The van der Waals surface area contributed by atoms with Crippen molar-refractivity contribution >= 4 is 11.6 Å². The first-order valence-corrected chi connectivity index (χ1v) is 7.85. The molecule has 3 aliphatic rings. The third kappa shape index (κ3) is 2.14. The molecule has 2 bridgehead atoms. The molecule has 0 spiro atoms. The number of halogens is 1. The van der Waals surface area contributed by atoms with E-state index in [9.17, 15) is 4.39 Å².